The summed E-state index contributed by atoms with van der Waals surface area (Å²) in [7, 11) is 0. The molecule has 0 aromatic heterocycles. The molecule has 1 amide bonds. The third kappa shape index (κ3) is 2.76. The minimum atomic E-state index is -0.943. The third-order valence-electron chi connectivity index (χ3n) is 2.94. The summed E-state index contributed by atoms with van der Waals surface area (Å²) in [5, 5.41) is 15.1. The molecule has 0 spiro atoms. The van der Waals surface area contributed by atoms with Crippen LogP contribution in [0.5, 0.6) is 0 Å². The van der Waals surface area contributed by atoms with Gasteiger partial charge in [-0.3, -0.25) is 9.59 Å². The second kappa shape index (κ2) is 6.01. The van der Waals surface area contributed by atoms with E-state index in [0.29, 0.717) is 11.3 Å². The second-order valence-corrected chi connectivity index (χ2v) is 4.43. The Balaban J connectivity index is 2.07. The molecule has 2 aromatic carbocycles. The Hall–Kier alpha value is -3.28. The van der Waals surface area contributed by atoms with E-state index in [1.807, 2.05) is 12.1 Å². The van der Waals surface area contributed by atoms with Gasteiger partial charge in [-0.25, -0.2) is 0 Å². The third-order valence-corrected chi connectivity index (χ3v) is 2.94. The standard InChI is InChI=1S/C16H10N4O2/c21-15-14(19-17-12-9-5-2-6-10-12)13(18-20-16(15)22)11-7-3-1-4-8-11/h1-10H. The summed E-state index contributed by atoms with van der Waals surface area (Å²) in [5.41, 5.74) is 1.36. The summed E-state index contributed by atoms with van der Waals surface area (Å²) < 4.78 is 0. The van der Waals surface area contributed by atoms with E-state index in [-0.39, 0.29) is 11.4 Å². The van der Waals surface area contributed by atoms with Crippen molar-refractivity contribution in [3.63, 3.8) is 0 Å². The van der Waals surface area contributed by atoms with Gasteiger partial charge in [-0.1, -0.05) is 48.5 Å². The van der Waals surface area contributed by atoms with Crippen LogP contribution in [0.1, 0.15) is 5.56 Å². The van der Waals surface area contributed by atoms with Crippen LogP contribution in [0.15, 0.2) is 86.8 Å². The summed E-state index contributed by atoms with van der Waals surface area (Å²) in [5.74, 6) is -1.75. The van der Waals surface area contributed by atoms with Crippen molar-refractivity contribution < 1.29 is 9.59 Å². The number of azo groups is 2. The first kappa shape index (κ1) is 13.7. The molecule has 0 saturated carbocycles. The molecule has 22 heavy (non-hydrogen) atoms. The van der Waals surface area contributed by atoms with E-state index in [4.69, 9.17) is 0 Å². The molecule has 0 atom stereocenters. The molecular formula is C16H10N4O2. The van der Waals surface area contributed by atoms with Crippen LogP contribution in [0.3, 0.4) is 0 Å². The number of hydrogen-bond donors (Lipinski definition) is 0. The quantitative estimate of drug-likeness (QED) is 0.637. The molecule has 0 saturated heterocycles. The van der Waals surface area contributed by atoms with E-state index in [1.165, 1.54) is 0 Å². The highest BCUT2D eigenvalue weighted by Gasteiger charge is 2.28. The van der Waals surface area contributed by atoms with Gasteiger partial charge in [0.25, 0.3) is 5.78 Å². The minimum Gasteiger partial charge on any atom is -0.281 e. The zero-order chi connectivity index (χ0) is 15.4. The fraction of sp³-hybridized carbons (Fsp3) is 0. The lowest BCUT2D eigenvalue weighted by atomic mass is 10.1. The predicted molar refractivity (Wildman–Crippen MR) is 79.2 cm³/mol. The van der Waals surface area contributed by atoms with Gasteiger partial charge < -0.3 is 0 Å². The van der Waals surface area contributed by atoms with Crippen LogP contribution in [0.2, 0.25) is 0 Å². The number of amides is 1. The van der Waals surface area contributed by atoms with E-state index < -0.39 is 11.7 Å². The fourth-order valence-corrected chi connectivity index (χ4v) is 1.88. The van der Waals surface area contributed by atoms with Crippen molar-refractivity contribution in [2.75, 3.05) is 0 Å². The van der Waals surface area contributed by atoms with Crippen LogP contribution < -0.4 is 0 Å². The highest BCUT2D eigenvalue weighted by atomic mass is 16.2. The smallest absolute Gasteiger partial charge is 0.281 e. The summed E-state index contributed by atoms with van der Waals surface area (Å²) in [6.07, 6.45) is 0. The highest BCUT2D eigenvalue weighted by molar-refractivity contribution is 6.44. The summed E-state index contributed by atoms with van der Waals surface area (Å²) in [6.45, 7) is 0. The van der Waals surface area contributed by atoms with Crippen molar-refractivity contribution in [3.05, 3.63) is 71.9 Å². The molecule has 1 aliphatic heterocycles. The largest absolute Gasteiger partial charge is 0.338 e. The van der Waals surface area contributed by atoms with E-state index in [2.05, 4.69) is 20.5 Å². The van der Waals surface area contributed by atoms with Gasteiger partial charge >= 0.3 is 5.91 Å². The number of benzene rings is 2. The van der Waals surface area contributed by atoms with Crippen LogP contribution in [0.4, 0.5) is 5.69 Å². The van der Waals surface area contributed by atoms with E-state index >= 15 is 0 Å². The molecule has 0 bridgehead atoms. The minimum absolute atomic E-state index is 0.102. The van der Waals surface area contributed by atoms with Gasteiger partial charge in [0.15, 0.2) is 5.70 Å². The first-order chi connectivity index (χ1) is 10.8. The van der Waals surface area contributed by atoms with Crippen molar-refractivity contribution >= 4 is 23.1 Å². The molecule has 1 heterocycles. The molecule has 106 valence electrons. The Morgan fingerprint density at radius 3 is 2.05 bits per heavy atom. The maximum Gasteiger partial charge on any atom is 0.338 e. The molecule has 0 radical (unpaired) electrons. The normalized spacial score (nSPS) is 14.9. The maximum absolute atomic E-state index is 12.0. The van der Waals surface area contributed by atoms with Crippen molar-refractivity contribution in [2.24, 2.45) is 20.5 Å². The summed E-state index contributed by atoms with van der Waals surface area (Å²) in [4.78, 5) is 23.5. The highest BCUT2D eigenvalue weighted by Crippen LogP contribution is 2.27. The molecule has 0 unspecified atom stereocenters. The Labute approximate surface area is 125 Å². The first-order valence-corrected chi connectivity index (χ1v) is 6.52. The lowest BCUT2D eigenvalue weighted by molar-refractivity contribution is -0.134. The number of Topliss-reactive ketones (excluding diaryl/α,β-unsaturated/α-hetero) is 1. The lowest BCUT2D eigenvalue weighted by Crippen LogP contribution is -2.16. The maximum atomic E-state index is 12.0. The van der Waals surface area contributed by atoms with Crippen LogP contribution in [-0.4, -0.2) is 11.7 Å². The number of carbonyl (C=O) groups excluding carboxylic acids is 2. The predicted octanol–water partition coefficient (Wildman–Crippen LogP) is 3.70. The number of ketones is 1. The zero-order valence-electron chi connectivity index (χ0n) is 11.4. The molecule has 1 aliphatic rings. The molecule has 6 heteroatoms. The number of hydrogen-bond acceptors (Lipinski definition) is 5. The first-order valence-electron chi connectivity index (χ1n) is 6.52. The van der Waals surface area contributed by atoms with Crippen LogP contribution in [0, 0.1) is 0 Å². The average molecular weight is 290 g/mol. The topological polar surface area (TPSA) is 83.6 Å². The molecular weight excluding hydrogens is 280 g/mol. The van der Waals surface area contributed by atoms with Gasteiger partial charge in [-0.2, -0.15) is 5.11 Å². The SMILES string of the molecule is O=C1N=NC(c2ccccc2)=C(N=Nc2ccccc2)C1=O. The van der Waals surface area contributed by atoms with Crippen molar-refractivity contribution in [1.82, 2.24) is 0 Å². The van der Waals surface area contributed by atoms with Crippen LogP contribution >= 0.6 is 0 Å². The number of carbonyl (C=O) groups is 2. The van der Waals surface area contributed by atoms with Crippen molar-refractivity contribution in [2.45, 2.75) is 0 Å². The molecule has 0 N–H and O–H groups in total. The van der Waals surface area contributed by atoms with Gasteiger partial charge in [0.05, 0.1) is 5.69 Å². The Kier molecular flexibility index (Phi) is 3.74. The number of rotatable bonds is 3. The summed E-state index contributed by atoms with van der Waals surface area (Å²) >= 11 is 0. The van der Waals surface area contributed by atoms with Gasteiger partial charge in [0.2, 0.25) is 0 Å². The van der Waals surface area contributed by atoms with Crippen molar-refractivity contribution in [3.8, 4) is 0 Å². The Bertz CT molecular complexity index is 809. The molecule has 3 rings (SSSR count). The monoisotopic (exact) mass is 290 g/mol. The van der Waals surface area contributed by atoms with Crippen LogP contribution in [0.25, 0.3) is 5.70 Å². The lowest BCUT2D eigenvalue weighted by Gasteiger charge is -2.07. The summed E-state index contributed by atoms with van der Waals surface area (Å²) in [6, 6.07) is 17.9. The average Bonchev–Trinajstić information content (AvgIpc) is 2.58. The molecule has 0 aliphatic carbocycles. The zero-order valence-corrected chi connectivity index (χ0v) is 11.4. The molecule has 0 fully saturated rings. The van der Waals surface area contributed by atoms with Crippen molar-refractivity contribution in [1.29, 1.82) is 0 Å². The molecule has 2 aromatic rings. The Morgan fingerprint density at radius 1 is 0.727 bits per heavy atom. The van der Waals surface area contributed by atoms with Gasteiger partial charge in [-0.15, -0.1) is 15.3 Å². The van der Waals surface area contributed by atoms with Gasteiger partial charge in [0.1, 0.15) is 5.70 Å². The van der Waals surface area contributed by atoms with Crippen LogP contribution in [-0.2, 0) is 9.59 Å². The molecule has 6 nitrogen and oxygen atoms in total. The van der Waals surface area contributed by atoms with Gasteiger partial charge in [-0.05, 0) is 12.1 Å². The van der Waals surface area contributed by atoms with E-state index in [1.54, 1.807) is 48.5 Å². The fourth-order valence-electron chi connectivity index (χ4n) is 1.88. The van der Waals surface area contributed by atoms with E-state index in [9.17, 15) is 9.59 Å². The number of nitrogens with zero attached hydrogens (tertiary/aromatic N) is 4. The Morgan fingerprint density at radius 2 is 1.36 bits per heavy atom. The van der Waals surface area contributed by atoms with E-state index in [0.717, 1.165) is 0 Å². The van der Waals surface area contributed by atoms with Gasteiger partial charge in [0, 0.05) is 5.56 Å². The second-order valence-electron chi connectivity index (χ2n) is 4.43.